The molecule has 94 valence electrons. The zero-order valence-corrected chi connectivity index (χ0v) is 12.3. The predicted molar refractivity (Wildman–Crippen MR) is 79.8 cm³/mol. The molecule has 1 aromatic rings. The molecule has 1 aliphatic rings. The van der Waals surface area contributed by atoms with Crippen molar-refractivity contribution in [2.75, 3.05) is 23.7 Å². The molecule has 0 N–H and O–H groups in total. The SMILES string of the molecule is CCC1CN(c2ccc(CCl)c(Cl)c2)CCS1. The largest absolute Gasteiger partial charge is 0.370 e. The molecule has 0 amide bonds. The summed E-state index contributed by atoms with van der Waals surface area (Å²) in [7, 11) is 0. The Hall–Kier alpha value is -0.0500. The van der Waals surface area contributed by atoms with Crippen LogP contribution in [0.25, 0.3) is 0 Å². The molecule has 1 aliphatic heterocycles. The van der Waals surface area contributed by atoms with Crippen LogP contribution in [0, 0.1) is 0 Å². The summed E-state index contributed by atoms with van der Waals surface area (Å²) in [6.07, 6.45) is 1.23. The number of hydrogen-bond acceptors (Lipinski definition) is 2. The molecule has 0 bridgehead atoms. The molecule has 17 heavy (non-hydrogen) atoms. The fourth-order valence-corrected chi connectivity index (χ4v) is 3.77. The minimum absolute atomic E-state index is 0.479. The Morgan fingerprint density at radius 1 is 1.47 bits per heavy atom. The van der Waals surface area contributed by atoms with E-state index in [1.165, 1.54) is 17.9 Å². The van der Waals surface area contributed by atoms with Crippen LogP contribution in [-0.2, 0) is 5.88 Å². The molecule has 1 saturated heterocycles. The van der Waals surface area contributed by atoms with E-state index in [2.05, 4.69) is 29.7 Å². The molecule has 0 radical (unpaired) electrons. The van der Waals surface area contributed by atoms with Gasteiger partial charge in [0.2, 0.25) is 0 Å². The smallest absolute Gasteiger partial charge is 0.0488 e. The molecule has 1 unspecified atom stereocenters. The third kappa shape index (κ3) is 3.24. The second kappa shape index (κ2) is 6.21. The Morgan fingerprint density at radius 2 is 2.29 bits per heavy atom. The van der Waals surface area contributed by atoms with Crippen molar-refractivity contribution < 1.29 is 0 Å². The average Bonchev–Trinajstić information content (AvgIpc) is 2.38. The maximum absolute atomic E-state index is 6.20. The zero-order valence-electron chi connectivity index (χ0n) is 9.96. The molecule has 0 saturated carbocycles. The summed E-state index contributed by atoms with van der Waals surface area (Å²) in [6, 6.07) is 6.21. The predicted octanol–water partition coefficient (Wildman–Crippen LogP) is 4.41. The normalized spacial score (nSPS) is 20.6. The number of hydrogen-bond donors (Lipinski definition) is 0. The number of thioether (sulfide) groups is 1. The number of halogens is 2. The molecule has 1 aromatic carbocycles. The van der Waals surface area contributed by atoms with Crippen molar-refractivity contribution in [3.8, 4) is 0 Å². The van der Waals surface area contributed by atoms with Gasteiger partial charge in [0.25, 0.3) is 0 Å². The van der Waals surface area contributed by atoms with Crippen molar-refractivity contribution in [2.24, 2.45) is 0 Å². The van der Waals surface area contributed by atoms with E-state index in [9.17, 15) is 0 Å². The van der Waals surface area contributed by atoms with E-state index in [1.807, 2.05) is 12.1 Å². The van der Waals surface area contributed by atoms with Gasteiger partial charge in [0.1, 0.15) is 0 Å². The second-order valence-electron chi connectivity index (χ2n) is 4.26. The van der Waals surface area contributed by atoms with E-state index in [-0.39, 0.29) is 0 Å². The third-order valence-corrected chi connectivity index (χ3v) is 5.15. The van der Waals surface area contributed by atoms with E-state index < -0.39 is 0 Å². The van der Waals surface area contributed by atoms with Crippen LogP contribution in [0.15, 0.2) is 18.2 Å². The topological polar surface area (TPSA) is 3.24 Å². The monoisotopic (exact) mass is 289 g/mol. The van der Waals surface area contributed by atoms with Gasteiger partial charge in [0, 0.05) is 40.7 Å². The first-order chi connectivity index (χ1) is 8.24. The summed E-state index contributed by atoms with van der Waals surface area (Å²) in [6.45, 7) is 4.49. The molecular formula is C13H17Cl2NS. The van der Waals surface area contributed by atoms with Gasteiger partial charge < -0.3 is 4.90 Å². The fraction of sp³-hybridized carbons (Fsp3) is 0.538. The third-order valence-electron chi connectivity index (χ3n) is 3.14. The van der Waals surface area contributed by atoms with Gasteiger partial charge in [-0.1, -0.05) is 24.6 Å². The molecule has 1 fully saturated rings. The lowest BCUT2D eigenvalue weighted by molar-refractivity contribution is 0.728. The Balaban J connectivity index is 2.13. The number of anilines is 1. The summed E-state index contributed by atoms with van der Waals surface area (Å²) >= 11 is 14.1. The van der Waals surface area contributed by atoms with E-state index in [1.54, 1.807) is 0 Å². The molecular weight excluding hydrogens is 273 g/mol. The molecule has 1 nitrogen and oxygen atoms in total. The molecule has 0 aromatic heterocycles. The Morgan fingerprint density at radius 3 is 2.94 bits per heavy atom. The maximum Gasteiger partial charge on any atom is 0.0488 e. The van der Waals surface area contributed by atoms with Gasteiger partial charge in [-0.25, -0.2) is 0 Å². The molecule has 1 atom stereocenters. The molecule has 4 heteroatoms. The Labute approximate surface area is 117 Å². The van der Waals surface area contributed by atoms with Gasteiger partial charge in [0.05, 0.1) is 0 Å². The first-order valence-corrected chi connectivity index (χ1v) is 7.91. The molecule has 1 heterocycles. The highest BCUT2D eigenvalue weighted by Crippen LogP contribution is 2.29. The highest BCUT2D eigenvalue weighted by Gasteiger charge is 2.19. The lowest BCUT2D eigenvalue weighted by atomic mass is 10.2. The quantitative estimate of drug-likeness (QED) is 0.759. The van der Waals surface area contributed by atoms with Gasteiger partial charge in [-0.05, 0) is 24.1 Å². The fourth-order valence-electron chi connectivity index (χ4n) is 2.04. The standard InChI is InChI=1S/C13H17Cl2NS/c1-2-12-9-16(5-6-17-12)11-4-3-10(8-14)13(15)7-11/h3-4,7,12H,2,5-6,8-9H2,1H3. The van der Waals surface area contributed by atoms with Crippen molar-refractivity contribution in [1.82, 2.24) is 0 Å². The van der Waals surface area contributed by atoms with Crippen LogP contribution in [0.4, 0.5) is 5.69 Å². The second-order valence-corrected chi connectivity index (χ2v) is 6.34. The Bertz CT molecular complexity index is 384. The van der Waals surface area contributed by atoms with Crippen LogP contribution in [0.5, 0.6) is 0 Å². The summed E-state index contributed by atoms with van der Waals surface area (Å²) in [5.41, 5.74) is 2.23. The minimum atomic E-state index is 0.479. The number of nitrogens with zero attached hydrogens (tertiary/aromatic N) is 1. The van der Waals surface area contributed by atoms with E-state index >= 15 is 0 Å². The number of rotatable bonds is 3. The van der Waals surface area contributed by atoms with Crippen LogP contribution in [-0.4, -0.2) is 24.1 Å². The summed E-state index contributed by atoms with van der Waals surface area (Å²) in [5.74, 6) is 1.68. The van der Waals surface area contributed by atoms with Crippen LogP contribution in [0.3, 0.4) is 0 Å². The van der Waals surface area contributed by atoms with E-state index in [4.69, 9.17) is 23.2 Å². The summed E-state index contributed by atoms with van der Waals surface area (Å²) in [5, 5.41) is 1.53. The van der Waals surface area contributed by atoms with Crippen LogP contribution < -0.4 is 4.90 Å². The van der Waals surface area contributed by atoms with Crippen molar-refractivity contribution in [1.29, 1.82) is 0 Å². The average molecular weight is 290 g/mol. The maximum atomic E-state index is 6.20. The number of alkyl halides is 1. The summed E-state index contributed by atoms with van der Waals surface area (Å²) in [4.78, 5) is 2.43. The minimum Gasteiger partial charge on any atom is -0.370 e. The van der Waals surface area contributed by atoms with Gasteiger partial charge in [-0.2, -0.15) is 11.8 Å². The molecule has 0 aliphatic carbocycles. The molecule has 0 spiro atoms. The van der Waals surface area contributed by atoms with Crippen LogP contribution in [0.2, 0.25) is 5.02 Å². The Kier molecular flexibility index (Phi) is 4.89. The lowest BCUT2D eigenvalue weighted by Crippen LogP contribution is -2.37. The van der Waals surface area contributed by atoms with Gasteiger partial charge in [-0.3, -0.25) is 0 Å². The van der Waals surface area contributed by atoms with Gasteiger partial charge in [0.15, 0.2) is 0 Å². The first-order valence-electron chi connectivity index (χ1n) is 5.95. The van der Waals surface area contributed by atoms with Crippen molar-refractivity contribution in [2.45, 2.75) is 24.5 Å². The van der Waals surface area contributed by atoms with Crippen LogP contribution in [0.1, 0.15) is 18.9 Å². The van der Waals surface area contributed by atoms with Crippen molar-refractivity contribution >= 4 is 40.7 Å². The van der Waals surface area contributed by atoms with Gasteiger partial charge >= 0.3 is 0 Å². The summed E-state index contributed by atoms with van der Waals surface area (Å²) < 4.78 is 0. The molecule has 2 rings (SSSR count). The first kappa shape index (κ1) is 13.4. The highest BCUT2D eigenvalue weighted by atomic mass is 35.5. The number of benzene rings is 1. The zero-order chi connectivity index (χ0) is 12.3. The van der Waals surface area contributed by atoms with Gasteiger partial charge in [-0.15, -0.1) is 11.6 Å². The van der Waals surface area contributed by atoms with E-state index in [0.717, 1.165) is 28.9 Å². The van der Waals surface area contributed by atoms with Crippen molar-refractivity contribution in [3.05, 3.63) is 28.8 Å². The lowest BCUT2D eigenvalue weighted by Gasteiger charge is -2.33. The highest BCUT2D eigenvalue weighted by molar-refractivity contribution is 8.00. The van der Waals surface area contributed by atoms with E-state index in [0.29, 0.717) is 5.88 Å². The van der Waals surface area contributed by atoms with Crippen molar-refractivity contribution in [3.63, 3.8) is 0 Å². The van der Waals surface area contributed by atoms with Crippen LogP contribution >= 0.6 is 35.0 Å².